The third kappa shape index (κ3) is 4.30. The predicted octanol–water partition coefficient (Wildman–Crippen LogP) is 4.01. The fourth-order valence-corrected chi connectivity index (χ4v) is 4.28. The van der Waals surface area contributed by atoms with Crippen molar-refractivity contribution in [3.05, 3.63) is 96.7 Å². The molecule has 0 aliphatic rings. The van der Waals surface area contributed by atoms with Crippen molar-refractivity contribution in [1.82, 2.24) is 9.13 Å². The highest BCUT2D eigenvalue weighted by atomic mass is 35.5. The van der Waals surface area contributed by atoms with Crippen molar-refractivity contribution in [2.24, 2.45) is 0 Å². The Morgan fingerprint density at radius 3 is 2.58 bits per heavy atom. The van der Waals surface area contributed by atoms with E-state index in [9.17, 15) is 18.8 Å². The Bertz CT molecular complexity index is 1410. The number of benzene rings is 2. The first kappa shape index (κ1) is 21.0. The highest BCUT2D eigenvalue weighted by Gasteiger charge is 2.17. The van der Waals surface area contributed by atoms with Gasteiger partial charge < -0.3 is 5.32 Å². The molecule has 0 radical (unpaired) electrons. The van der Waals surface area contributed by atoms with Crippen LogP contribution in [-0.4, -0.2) is 15.0 Å². The van der Waals surface area contributed by atoms with Gasteiger partial charge in [0.1, 0.15) is 17.1 Å². The fourth-order valence-electron chi connectivity index (χ4n) is 3.26. The highest BCUT2D eigenvalue weighted by molar-refractivity contribution is 7.17. The smallest absolute Gasteiger partial charge is 0.324 e. The first-order valence-corrected chi connectivity index (χ1v) is 10.6. The molecule has 0 fully saturated rings. The van der Waals surface area contributed by atoms with E-state index < -0.39 is 23.0 Å². The second kappa shape index (κ2) is 8.49. The molecule has 2 aromatic heterocycles. The maximum absolute atomic E-state index is 13.2. The van der Waals surface area contributed by atoms with E-state index in [4.69, 9.17) is 11.6 Å². The molecule has 0 saturated heterocycles. The van der Waals surface area contributed by atoms with Gasteiger partial charge in [0, 0.05) is 10.7 Å². The summed E-state index contributed by atoms with van der Waals surface area (Å²) in [5, 5.41) is 4.94. The van der Waals surface area contributed by atoms with Crippen molar-refractivity contribution >= 4 is 44.7 Å². The Kier molecular flexibility index (Phi) is 5.75. The van der Waals surface area contributed by atoms with E-state index in [2.05, 4.69) is 5.32 Å². The van der Waals surface area contributed by atoms with Crippen molar-refractivity contribution in [1.29, 1.82) is 0 Å². The van der Waals surface area contributed by atoms with Crippen LogP contribution in [-0.2, 0) is 17.9 Å². The summed E-state index contributed by atoms with van der Waals surface area (Å²) in [6.07, 6.45) is 0. The molecule has 2 heterocycles. The molecule has 0 saturated carbocycles. The molecule has 9 heteroatoms. The zero-order valence-electron chi connectivity index (χ0n) is 16.4. The van der Waals surface area contributed by atoms with Gasteiger partial charge in [0.05, 0.1) is 12.1 Å². The molecule has 1 N–H and O–H groups in total. The number of thiophene rings is 1. The van der Waals surface area contributed by atoms with Crippen LogP contribution in [0.3, 0.4) is 0 Å². The van der Waals surface area contributed by atoms with Crippen LogP contribution in [0.4, 0.5) is 10.1 Å². The third-order valence-electron chi connectivity index (χ3n) is 4.87. The number of fused-ring (bicyclic) bond motifs is 1. The summed E-state index contributed by atoms with van der Waals surface area (Å²) in [4.78, 5) is 38.7. The number of hydrogen-bond acceptors (Lipinski definition) is 4. The largest absolute Gasteiger partial charge is 0.332 e. The quantitative estimate of drug-likeness (QED) is 0.492. The molecule has 2 aromatic carbocycles. The van der Waals surface area contributed by atoms with Gasteiger partial charge in [0.25, 0.3) is 5.56 Å². The van der Waals surface area contributed by atoms with Gasteiger partial charge in [-0.15, -0.1) is 11.3 Å². The lowest BCUT2D eigenvalue weighted by Crippen LogP contribution is -2.41. The molecule has 0 atom stereocenters. The molecular formula is C22H17ClFN3O3S. The van der Waals surface area contributed by atoms with Gasteiger partial charge in [-0.3, -0.25) is 18.7 Å². The first-order valence-electron chi connectivity index (χ1n) is 9.35. The van der Waals surface area contributed by atoms with Crippen molar-refractivity contribution in [3.8, 4) is 0 Å². The molecule has 4 aromatic rings. The number of carbonyl (C=O) groups is 1. The third-order valence-corrected chi connectivity index (χ3v) is 5.99. The fraction of sp³-hybridized carbons (Fsp3) is 0.136. The SMILES string of the molecule is Cc1ccc(Cl)cc1NC(=O)Cn1c(=O)n(Cc2ccc(F)cc2)c(=O)c2sccc21. The maximum Gasteiger partial charge on any atom is 0.332 e. The van der Waals surface area contributed by atoms with Crippen LogP contribution in [0.15, 0.2) is 63.5 Å². The Hall–Kier alpha value is -3.23. The number of aryl methyl sites for hydroxylation is 1. The van der Waals surface area contributed by atoms with Crippen molar-refractivity contribution in [2.75, 3.05) is 5.32 Å². The normalized spacial score (nSPS) is 11.1. The molecule has 0 spiro atoms. The minimum Gasteiger partial charge on any atom is -0.324 e. The Morgan fingerprint density at radius 2 is 1.84 bits per heavy atom. The highest BCUT2D eigenvalue weighted by Crippen LogP contribution is 2.20. The topological polar surface area (TPSA) is 73.1 Å². The van der Waals surface area contributed by atoms with Crippen LogP contribution < -0.4 is 16.6 Å². The van der Waals surface area contributed by atoms with E-state index in [1.54, 1.807) is 29.6 Å². The minimum absolute atomic E-state index is 0.0270. The average molecular weight is 458 g/mol. The summed E-state index contributed by atoms with van der Waals surface area (Å²) in [6, 6.07) is 12.3. The van der Waals surface area contributed by atoms with Crippen LogP contribution in [0.25, 0.3) is 10.2 Å². The molecule has 0 aliphatic heterocycles. The van der Waals surface area contributed by atoms with Gasteiger partial charge in [-0.1, -0.05) is 29.8 Å². The lowest BCUT2D eigenvalue weighted by Gasteiger charge is -2.13. The molecule has 4 rings (SSSR count). The molecule has 6 nitrogen and oxygen atoms in total. The second-order valence-electron chi connectivity index (χ2n) is 7.03. The molecule has 0 bridgehead atoms. The number of hydrogen-bond donors (Lipinski definition) is 1. The second-order valence-corrected chi connectivity index (χ2v) is 8.38. The monoisotopic (exact) mass is 457 g/mol. The Balaban J connectivity index is 1.72. The van der Waals surface area contributed by atoms with Gasteiger partial charge in [-0.2, -0.15) is 0 Å². The Morgan fingerprint density at radius 1 is 1.10 bits per heavy atom. The van der Waals surface area contributed by atoms with E-state index in [1.165, 1.54) is 40.2 Å². The summed E-state index contributed by atoms with van der Waals surface area (Å²) in [6.45, 7) is 1.53. The molecule has 0 unspecified atom stereocenters. The van der Waals surface area contributed by atoms with Crippen LogP contribution >= 0.6 is 22.9 Å². The van der Waals surface area contributed by atoms with E-state index >= 15 is 0 Å². The number of halogens is 2. The summed E-state index contributed by atoms with van der Waals surface area (Å²) < 4.78 is 15.9. The van der Waals surface area contributed by atoms with E-state index in [1.807, 2.05) is 6.92 Å². The molecule has 31 heavy (non-hydrogen) atoms. The van der Waals surface area contributed by atoms with E-state index in [0.29, 0.717) is 26.5 Å². The van der Waals surface area contributed by atoms with Gasteiger partial charge in [-0.25, -0.2) is 9.18 Å². The average Bonchev–Trinajstić information content (AvgIpc) is 3.22. The van der Waals surface area contributed by atoms with Crippen molar-refractivity contribution in [2.45, 2.75) is 20.0 Å². The molecule has 0 aliphatic carbocycles. The molecule has 158 valence electrons. The zero-order chi connectivity index (χ0) is 22.1. The number of amides is 1. The van der Waals surface area contributed by atoms with Crippen molar-refractivity contribution in [3.63, 3.8) is 0 Å². The number of carbonyl (C=O) groups excluding carboxylic acids is 1. The van der Waals surface area contributed by atoms with Crippen LogP contribution in [0.5, 0.6) is 0 Å². The van der Waals surface area contributed by atoms with Gasteiger partial charge in [0.2, 0.25) is 5.91 Å². The van der Waals surface area contributed by atoms with Gasteiger partial charge in [-0.05, 0) is 53.8 Å². The lowest BCUT2D eigenvalue weighted by atomic mass is 10.2. The standard InChI is InChI=1S/C22H17ClFN3O3S/c1-13-2-5-15(23)10-17(13)25-19(28)12-26-18-8-9-31-20(18)21(29)27(22(26)30)11-14-3-6-16(24)7-4-14/h2-10H,11-12H2,1H3,(H,25,28). The summed E-state index contributed by atoms with van der Waals surface area (Å²) >= 11 is 7.20. The number of anilines is 1. The Labute approximate surface area is 185 Å². The molecule has 1 amide bonds. The van der Waals surface area contributed by atoms with E-state index in [-0.39, 0.29) is 13.1 Å². The lowest BCUT2D eigenvalue weighted by molar-refractivity contribution is -0.116. The van der Waals surface area contributed by atoms with Crippen LogP contribution in [0, 0.1) is 12.7 Å². The summed E-state index contributed by atoms with van der Waals surface area (Å²) in [5.74, 6) is -0.831. The van der Waals surface area contributed by atoms with E-state index in [0.717, 1.165) is 10.1 Å². The maximum atomic E-state index is 13.2. The zero-order valence-corrected chi connectivity index (χ0v) is 18.0. The minimum atomic E-state index is -0.613. The van der Waals surface area contributed by atoms with Crippen molar-refractivity contribution < 1.29 is 9.18 Å². The van der Waals surface area contributed by atoms with Gasteiger partial charge in [0.15, 0.2) is 0 Å². The number of nitrogens with one attached hydrogen (secondary N) is 1. The number of aromatic nitrogens is 2. The predicted molar refractivity (Wildman–Crippen MR) is 121 cm³/mol. The number of nitrogens with zero attached hydrogens (tertiary/aromatic N) is 2. The van der Waals surface area contributed by atoms with Crippen LogP contribution in [0.2, 0.25) is 5.02 Å². The van der Waals surface area contributed by atoms with Gasteiger partial charge >= 0.3 is 5.69 Å². The summed E-state index contributed by atoms with van der Waals surface area (Å²) in [5.41, 5.74) is 1.31. The van der Waals surface area contributed by atoms with Crippen LogP contribution in [0.1, 0.15) is 11.1 Å². The summed E-state index contributed by atoms with van der Waals surface area (Å²) in [7, 11) is 0. The number of rotatable bonds is 5. The molecular weight excluding hydrogens is 441 g/mol. The first-order chi connectivity index (χ1) is 14.8.